The third-order valence-corrected chi connectivity index (χ3v) is 5.24. The number of para-hydroxylation sites is 1. The van der Waals surface area contributed by atoms with Gasteiger partial charge in [-0.25, -0.2) is 18.2 Å². The molecule has 7 nitrogen and oxygen atoms in total. The molecule has 0 spiro atoms. The van der Waals surface area contributed by atoms with E-state index in [4.69, 9.17) is 4.42 Å². The summed E-state index contributed by atoms with van der Waals surface area (Å²) in [7, 11) is 0. The number of fused-ring (bicyclic) bond motifs is 2. The zero-order valence-corrected chi connectivity index (χ0v) is 15.6. The van der Waals surface area contributed by atoms with Gasteiger partial charge in [0.05, 0.1) is 17.4 Å². The summed E-state index contributed by atoms with van der Waals surface area (Å²) < 4.78 is 47.8. The summed E-state index contributed by atoms with van der Waals surface area (Å²) in [6.45, 7) is -0.478. The van der Waals surface area contributed by atoms with Gasteiger partial charge in [0.25, 0.3) is 12.3 Å². The molecule has 0 unspecified atom stereocenters. The second-order valence-electron chi connectivity index (χ2n) is 6.98. The first-order chi connectivity index (χ1) is 14.5. The van der Waals surface area contributed by atoms with Crippen LogP contribution in [0.25, 0.3) is 11.0 Å². The van der Waals surface area contributed by atoms with Gasteiger partial charge in [0.15, 0.2) is 11.6 Å². The number of carbonyl (C=O) groups excluding carboxylic acids is 1. The van der Waals surface area contributed by atoms with Gasteiger partial charge in [-0.2, -0.15) is 5.10 Å². The fraction of sp³-hybridized carbons (Fsp3) is 0.250. The lowest BCUT2D eigenvalue weighted by Crippen LogP contribution is -2.42. The van der Waals surface area contributed by atoms with Crippen LogP contribution < -0.4 is 0 Å². The Morgan fingerprint density at radius 1 is 1.30 bits per heavy atom. The summed E-state index contributed by atoms with van der Waals surface area (Å²) in [5.41, 5.74) is 1.58. The zero-order valence-electron chi connectivity index (χ0n) is 15.6. The maximum atomic E-state index is 15.3. The molecule has 0 bridgehead atoms. The number of nitrogens with one attached hydrogen (secondary N) is 1. The van der Waals surface area contributed by atoms with Gasteiger partial charge in [-0.3, -0.25) is 9.48 Å². The Balaban J connectivity index is 1.62. The fourth-order valence-electron chi connectivity index (χ4n) is 3.91. The standard InChI is InChI=1S/C20H16F3N5O2/c21-15(22)9-28-13(5-7-26-28)20(29)27-8-6-12-17(25-10-24-12)18(27)19-16(23)11-3-1-2-4-14(11)30-19/h1-5,7,10,15,18H,6,8-9H2,(H,24,25)/t18-/m0/s1. The second-order valence-corrected chi connectivity index (χ2v) is 6.98. The van der Waals surface area contributed by atoms with Crippen molar-refractivity contribution in [2.45, 2.75) is 25.4 Å². The van der Waals surface area contributed by atoms with E-state index in [0.717, 1.165) is 10.4 Å². The van der Waals surface area contributed by atoms with Crippen LogP contribution in [0.2, 0.25) is 0 Å². The summed E-state index contributed by atoms with van der Waals surface area (Å²) in [6, 6.07) is 7.08. The van der Waals surface area contributed by atoms with Gasteiger partial charge in [0.2, 0.25) is 0 Å². The van der Waals surface area contributed by atoms with Crippen molar-refractivity contribution < 1.29 is 22.4 Å². The lowest BCUT2D eigenvalue weighted by Gasteiger charge is -2.33. The molecule has 0 saturated heterocycles. The van der Waals surface area contributed by atoms with Gasteiger partial charge in [-0.15, -0.1) is 0 Å². The van der Waals surface area contributed by atoms with E-state index in [9.17, 15) is 13.6 Å². The molecule has 0 radical (unpaired) electrons. The summed E-state index contributed by atoms with van der Waals surface area (Å²) in [4.78, 5) is 22.0. The van der Waals surface area contributed by atoms with Crippen molar-refractivity contribution in [3.8, 4) is 0 Å². The molecular weight excluding hydrogens is 399 g/mol. The maximum absolute atomic E-state index is 15.3. The van der Waals surface area contributed by atoms with Gasteiger partial charge < -0.3 is 14.3 Å². The second kappa shape index (κ2) is 7.05. The molecule has 1 aromatic carbocycles. The molecule has 1 amide bonds. The number of imidazole rings is 1. The number of hydrogen-bond donors (Lipinski definition) is 1. The van der Waals surface area contributed by atoms with E-state index in [1.165, 1.54) is 23.5 Å². The van der Waals surface area contributed by atoms with Gasteiger partial charge >= 0.3 is 0 Å². The molecule has 30 heavy (non-hydrogen) atoms. The number of hydrogen-bond acceptors (Lipinski definition) is 4. The Bertz CT molecular complexity index is 1230. The minimum absolute atomic E-state index is 0.00388. The van der Waals surface area contributed by atoms with E-state index in [1.54, 1.807) is 24.3 Å². The van der Waals surface area contributed by atoms with Crippen LogP contribution in [0.15, 0.2) is 47.3 Å². The lowest BCUT2D eigenvalue weighted by molar-refractivity contribution is 0.0644. The number of halogens is 3. The molecule has 5 rings (SSSR count). The first-order valence-corrected chi connectivity index (χ1v) is 9.34. The zero-order chi connectivity index (χ0) is 20.8. The monoisotopic (exact) mass is 415 g/mol. The van der Waals surface area contributed by atoms with Crippen LogP contribution in [0.3, 0.4) is 0 Å². The Morgan fingerprint density at radius 3 is 2.93 bits per heavy atom. The summed E-state index contributed by atoms with van der Waals surface area (Å²) in [5, 5.41) is 4.12. The fourth-order valence-corrected chi connectivity index (χ4v) is 3.91. The molecule has 154 valence electrons. The van der Waals surface area contributed by atoms with Gasteiger partial charge in [-0.1, -0.05) is 12.1 Å². The summed E-state index contributed by atoms with van der Waals surface area (Å²) >= 11 is 0. The molecule has 1 N–H and O–H groups in total. The molecule has 10 heteroatoms. The topological polar surface area (TPSA) is 80.0 Å². The number of carbonyl (C=O) groups is 1. The molecule has 1 aliphatic heterocycles. The molecule has 4 aromatic rings. The Morgan fingerprint density at radius 2 is 2.13 bits per heavy atom. The predicted molar refractivity (Wildman–Crippen MR) is 99.6 cm³/mol. The van der Waals surface area contributed by atoms with E-state index in [1.807, 2.05) is 0 Å². The minimum Gasteiger partial charge on any atom is -0.455 e. The third kappa shape index (κ3) is 2.87. The normalized spacial score (nSPS) is 16.4. The van der Waals surface area contributed by atoms with Crippen molar-refractivity contribution in [3.63, 3.8) is 0 Å². The van der Waals surface area contributed by atoms with Crippen molar-refractivity contribution in [3.05, 3.63) is 71.5 Å². The predicted octanol–water partition coefficient (Wildman–Crippen LogP) is 3.54. The molecule has 0 fully saturated rings. The van der Waals surface area contributed by atoms with Crippen molar-refractivity contribution in [1.82, 2.24) is 24.6 Å². The molecular formula is C20H16F3N5O2. The average Bonchev–Trinajstić information content (AvgIpc) is 3.45. The molecule has 1 aliphatic rings. The number of aromatic nitrogens is 4. The van der Waals surface area contributed by atoms with Crippen molar-refractivity contribution >= 4 is 16.9 Å². The highest BCUT2D eigenvalue weighted by Gasteiger charge is 2.39. The van der Waals surface area contributed by atoms with Crippen LogP contribution in [0, 0.1) is 5.82 Å². The highest BCUT2D eigenvalue weighted by Crippen LogP contribution is 2.39. The number of benzene rings is 1. The average molecular weight is 415 g/mol. The Kier molecular flexibility index (Phi) is 4.34. The van der Waals surface area contributed by atoms with E-state index in [-0.39, 0.29) is 18.0 Å². The molecule has 4 heterocycles. The third-order valence-electron chi connectivity index (χ3n) is 5.24. The molecule has 0 aliphatic carbocycles. The Hall–Kier alpha value is -3.56. The number of alkyl halides is 2. The van der Waals surface area contributed by atoms with Crippen molar-refractivity contribution in [2.24, 2.45) is 0 Å². The number of H-pyrrole nitrogens is 1. The van der Waals surface area contributed by atoms with E-state index in [2.05, 4.69) is 15.1 Å². The molecule has 1 atom stereocenters. The van der Waals surface area contributed by atoms with Crippen molar-refractivity contribution in [1.29, 1.82) is 0 Å². The smallest absolute Gasteiger partial charge is 0.273 e. The highest BCUT2D eigenvalue weighted by atomic mass is 19.3. The highest BCUT2D eigenvalue weighted by molar-refractivity contribution is 5.93. The quantitative estimate of drug-likeness (QED) is 0.553. The first-order valence-electron chi connectivity index (χ1n) is 9.34. The molecule has 0 saturated carbocycles. The van der Waals surface area contributed by atoms with Crippen LogP contribution in [0.1, 0.15) is 33.7 Å². The van der Waals surface area contributed by atoms with Crippen LogP contribution >= 0.6 is 0 Å². The van der Waals surface area contributed by atoms with Gasteiger partial charge in [0, 0.05) is 24.9 Å². The SMILES string of the molecule is O=C(c1ccnn1CC(F)F)N1CCc2[nH]cnc2[C@H]1c1oc2ccccc2c1F. The van der Waals surface area contributed by atoms with Crippen LogP contribution in [-0.2, 0) is 13.0 Å². The van der Waals surface area contributed by atoms with Crippen LogP contribution in [-0.4, -0.2) is 43.5 Å². The summed E-state index contributed by atoms with van der Waals surface area (Å²) in [5.74, 6) is -1.17. The van der Waals surface area contributed by atoms with Crippen molar-refractivity contribution in [2.75, 3.05) is 6.54 Å². The summed E-state index contributed by atoms with van der Waals surface area (Å²) in [6.07, 6.45) is 0.561. The maximum Gasteiger partial charge on any atom is 0.273 e. The Labute approximate surface area is 168 Å². The minimum atomic E-state index is -2.67. The number of rotatable bonds is 4. The van der Waals surface area contributed by atoms with Gasteiger partial charge in [0.1, 0.15) is 23.9 Å². The van der Waals surface area contributed by atoms with Crippen LogP contribution in [0.5, 0.6) is 0 Å². The van der Waals surface area contributed by atoms with E-state index >= 15 is 4.39 Å². The number of furan rings is 1. The van der Waals surface area contributed by atoms with E-state index < -0.39 is 30.7 Å². The number of aromatic amines is 1. The largest absolute Gasteiger partial charge is 0.455 e. The number of amides is 1. The van der Waals surface area contributed by atoms with E-state index in [0.29, 0.717) is 23.1 Å². The first kappa shape index (κ1) is 18.5. The van der Waals surface area contributed by atoms with Crippen LogP contribution in [0.4, 0.5) is 13.2 Å². The lowest BCUT2D eigenvalue weighted by atomic mass is 9.99. The number of nitrogens with zero attached hydrogens (tertiary/aromatic N) is 4. The van der Waals surface area contributed by atoms with Gasteiger partial charge in [-0.05, 0) is 18.2 Å². The molecule has 3 aromatic heterocycles.